The highest BCUT2D eigenvalue weighted by Gasteiger charge is 2.17. The predicted molar refractivity (Wildman–Crippen MR) is 68.2 cm³/mol. The lowest BCUT2D eigenvalue weighted by molar-refractivity contribution is 0.183. The molecule has 5 nitrogen and oxygen atoms in total. The average Bonchev–Trinajstić information content (AvgIpc) is 2.74. The van der Waals surface area contributed by atoms with Gasteiger partial charge in [0.15, 0.2) is 0 Å². The summed E-state index contributed by atoms with van der Waals surface area (Å²) >= 11 is 0. The summed E-state index contributed by atoms with van der Waals surface area (Å²) in [5.41, 5.74) is 1.11. The first-order valence-corrected chi connectivity index (χ1v) is 6.24. The zero-order valence-electron chi connectivity index (χ0n) is 10.7. The summed E-state index contributed by atoms with van der Waals surface area (Å²) in [6.45, 7) is 3.84. The van der Waals surface area contributed by atoms with Gasteiger partial charge in [-0.1, -0.05) is 0 Å². The molecule has 96 valence electrons. The molecule has 0 spiro atoms. The monoisotopic (exact) mass is 238 g/mol. The van der Waals surface area contributed by atoms with E-state index in [1.54, 1.807) is 7.11 Å². The van der Waals surface area contributed by atoms with Crippen LogP contribution in [0, 0.1) is 0 Å². The van der Waals surface area contributed by atoms with Crippen LogP contribution in [0.2, 0.25) is 0 Å². The molecule has 2 heterocycles. The highest BCUT2D eigenvalue weighted by Crippen LogP contribution is 2.14. The molecule has 1 aliphatic rings. The summed E-state index contributed by atoms with van der Waals surface area (Å²) in [6.07, 6.45) is 6.46. The minimum atomic E-state index is 0.550. The van der Waals surface area contributed by atoms with Gasteiger partial charge in [-0.25, -0.2) is 0 Å². The molecule has 0 saturated carbocycles. The lowest BCUT2D eigenvalue weighted by atomic mass is 10.1. The Hall–Kier alpha value is -1.07. The minimum Gasteiger partial charge on any atom is -0.383 e. The Bertz CT molecular complexity index is 339. The summed E-state index contributed by atoms with van der Waals surface area (Å²) in [5, 5.41) is 7.84. The first kappa shape index (κ1) is 12.4. The summed E-state index contributed by atoms with van der Waals surface area (Å²) in [5.74, 6) is 0. The van der Waals surface area contributed by atoms with Crippen LogP contribution in [0.5, 0.6) is 0 Å². The van der Waals surface area contributed by atoms with Crippen molar-refractivity contribution < 1.29 is 4.74 Å². The van der Waals surface area contributed by atoms with E-state index in [1.165, 1.54) is 19.4 Å². The van der Waals surface area contributed by atoms with Crippen LogP contribution in [-0.4, -0.2) is 54.6 Å². The first-order chi connectivity index (χ1) is 8.28. The molecule has 1 atom stereocenters. The molecular weight excluding hydrogens is 216 g/mol. The summed E-state index contributed by atoms with van der Waals surface area (Å²) in [6, 6.07) is 0.550. The second-order valence-electron chi connectivity index (χ2n) is 4.73. The fraction of sp³-hybridized carbons (Fsp3) is 0.750. The van der Waals surface area contributed by atoms with Crippen LogP contribution < -0.4 is 5.32 Å². The molecule has 0 amide bonds. The highest BCUT2D eigenvalue weighted by atomic mass is 16.5. The zero-order chi connectivity index (χ0) is 12.1. The number of hydrogen-bond donors (Lipinski definition) is 1. The van der Waals surface area contributed by atoms with Gasteiger partial charge in [-0.3, -0.25) is 4.68 Å². The third kappa shape index (κ3) is 3.71. The third-order valence-electron chi connectivity index (χ3n) is 3.15. The number of likely N-dealkylation sites (N-methyl/N-ethyl adjacent to an activating group) is 1. The number of piperidine rings is 1. The van der Waals surface area contributed by atoms with Gasteiger partial charge in [-0.15, -0.1) is 0 Å². The van der Waals surface area contributed by atoms with Crippen molar-refractivity contribution in [3.63, 3.8) is 0 Å². The fourth-order valence-corrected chi connectivity index (χ4v) is 2.27. The van der Waals surface area contributed by atoms with E-state index in [-0.39, 0.29) is 0 Å². The van der Waals surface area contributed by atoms with E-state index in [1.807, 2.05) is 17.1 Å². The van der Waals surface area contributed by atoms with Crippen LogP contribution in [0.4, 0.5) is 5.69 Å². The smallest absolute Gasteiger partial charge is 0.0729 e. The van der Waals surface area contributed by atoms with E-state index >= 15 is 0 Å². The number of likely N-dealkylation sites (tertiary alicyclic amines) is 1. The second kappa shape index (κ2) is 6.02. The van der Waals surface area contributed by atoms with Crippen molar-refractivity contribution in [1.82, 2.24) is 14.7 Å². The molecule has 0 radical (unpaired) electrons. The van der Waals surface area contributed by atoms with Crippen LogP contribution in [0.15, 0.2) is 12.4 Å². The van der Waals surface area contributed by atoms with Gasteiger partial charge in [0, 0.05) is 25.9 Å². The van der Waals surface area contributed by atoms with Crippen molar-refractivity contribution in [2.75, 3.05) is 39.2 Å². The quantitative estimate of drug-likeness (QED) is 0.832. The normalized spacial score (nSPS) is 21.6. The molecule has 2 rings (SSSR count). The highest BCUT2D eigenvalue weighted by molar-refractivity contribution is 5.39. The second-order valence-corrected chi connectivity index (χ2v) is 4.73. The first-order valence-electron chi connectivity index (χ1n) is 6.24. The lowest BCUT2D eigenvalue weighted by Gasteiger charge is -2.30. The van der Waals surface area contributed by atoms with Crippen molar-refractivity contribution in [2.45, 2.75) is 25.4 Å². The van der Waals surface area contributed by atoms with Crippen LogP contribution in [0.1, 0.15) is 12.8 Å². The van der Waals surface area contributed by atoms with E-state index in [4.69, 9.17) is 4.74 Å². The number of nitrogens with zero attached hydrogens (tertiary/aromatic N) is 3. The van der Waals surface area contributed by atoms with E-state index < -0.39 is 0 Å². The molecule has 0 aliphatic carbocycles. The molecular formula is C12H22N4O. The fourth-order valence-electron chi connectivity index (χ4n) is 2.27. The number of ether oxygens (including phenoxy) is 1. The largest absolute Gasteiger partial charge is 0.383 e. The van der Waals surface area contributed by atoms with E-state index in [2.05, 4.69) is 22.4 Å². The Labute approximate surface area is 103 Å². The molecule has 17 heavy (non-hydrogen) atoms. The Balaban J connectivity index is 1.83. The number of aromatic nitrogens is 2. The van der Waals surface area contributed by atoms with Crippen LogP contribution in [0.3, 0.4) is 0 Å². The number of rotatable bonds is 5. The molecule has 1 unspecified atom stereocenters. The van der Waals surface area contributed by atoms with Gasteiger partial charge < -0.3 is 15.0 Å². The van der Waals surface area contributed by atoms with E-state index in [0.717, 1.165) is 18.8 Å². The van der Waals surface area contributed by atoms with Gasteiger partial charge in [0.05, 0.1) is 25.0 Å². The summed E-state index contributed by atoms with van der Waals surface area (Å²) in [4.78, 5) is 2.37. The molecule has 0 bridgehead atoms. The standard InChI is InChI=1S/C12H22N4O/c1-15-5-3-4-11(9-15)14-12-8-13-16(10-12)6-7-17-2/h8,10-11,14H,3-7,9H2,1-2H3. The van der Waals surface area contributed by atoms with Gasteiger partial charge in [-0.2, -0.15) is 5.10 Å². The molecule has 1 N–H and O–H groups in total. The summed E-state index contributed by atoms with van der Waals surface area (Å²) < 4.78 is 6.95. The maximum Gasteiger partial charge on any atom is 0.0729 e. The molecule has 1 saturated heterocycles. The van der Waals surface area contributed by atoms with Crippen molar-refractivity contribution in [3.8, 4) is 0 Å². The molecule has 1 fully saturated rings. The Morgan fingerprint density at radius 3 is 3.24 bits per heavy atom. The van der Waals surface area contributed by atoms with Crippen molar-refractivity contribution in [2.24, 2.45) is 0 Å². The Morgan fingerprint density at radius 1 is 1.59 bits per heavy atom. The Morgan fingerprint density at radius 2 is 2.47 bits per heavy atom. The number of hydrogen-bond acceptors (Lipinski definition) is 4. The third-order valence-corrected chi connectivity index (χ3v) is 3.15. The van der Waals surface area contributed by atoms with Gasteiger partial charge in [0.2, 0.25) is 0 Å². The number of methoxy groups -OCH3 is 1. The van der Waals surface area contributed by atoms with E-state index in [9.17, 15) is 0 Å². The average molecular weight is 238 g/mol. The van der Waals surface area contributed by atoms with Crippen LogP contribution in [-0.2, 0) is 11.3 Å². The molecule has 1 aromatic rings. The zero-order valence-corrected chi connectivity index (χ0v) is 10.7. The number of nitrogens with one attached hydrogen (secondary N) is 1. The van der Waals surface area contributed by atoms with Crippen molar-refractivity contribution in [3.05, 3.63) is 12.4 Å². The maximum absolute atomic E-state index is 5.03. The molecule has 1 aromatic heterocycles. The SMILES string of the molecule is COCCn1cc(NC2CCCN(C)C2)cn1. The van der Waals surface area contributed by atoms with Crippen LogP contribution in [0.25, 0.3) is 0 Å². The summed E-state index contributed by atoms with van der Waals surface area (Å²) in [7, 11) is 3.89. The van der Waals surface area contributed by atoms with Crippen molar-refractivity contribution in [1.29, 1.82) is 0 Å². The minimum absolute atomic E-state index is 0.550. The number of anilines is 1. The Kier molecular flexibility index (Phi) is 4.39. The van der Waals surface area contributed by atoms with E-state index in [0.29, 0.717) is 12.6 Å². The van der Waals surface area contributed by atoms with Gasteiger partial charge in [0.25, 0.3) is 0 Å². The van der Waals surface area contributed by atoms with Gasteiger partial charge >= 0.3 is 0 Å². The predicted octanol–water partition coefficient (Wildman–Crippen LogP) is 1.04. The van der Waals surface area contributed by atoms with Gasteiger partial charge in [-0.05, 0) is 26.4 Å². The maximum atomic E-state index is 5.03. The molecule has 0 aromatic carbocycles. The van der Waals surface area contributed by atoms with Gasteiger partial charge in [0.1, 0.15) is 0 Å². The lowest BCUT2D eigenvalue weighted by Crippen LogP contribution is -2.39. The molecule has 1 aliphatic heterocycles. The van der Waals surface area contributed by atoms with Crippen LogP contribution >= 0.6 is 0 Å². The van der Waals surface area contributed by atoms with Crippen molar-refractivity contribution >= 4 is 5.69 Å². The molecule has 5 heteroatoms. The topological polar surface area (TPSA) is 42.3 Å².